The summed E-state index contributed by atoms with van der Waals surface area (Å²) >= 11 is 0. The van der Waals surface area contributed by atoms with Crippen molar-refractivity contribution in [3.8, 4) is 0 Å². The molecule has 3 nitrogen and oxygen atoms in total. The summed E-state index contributed by atoms with van der Waals surface area (Å²) in [5, 5.41) is 3.25. The molecule has 0 spiro atoms. The smallest absolute Gasteiger partial charge is 0.201 e. The van der Waals surface area contributed by atoms with Crippen LogP contribution >= 0.6 is 0 Å². The molecule has 3 rings (SSSR count). The highest BCUT2D eigenvalue weighted by Crippen LogP contribution is 2.33. The Kier molecular flexibility index (Phi) is 2.71. The van der Waals surface area contributed by atoms with E-state index in [-0.39, 0.29) is 5.82 Å². The number of hydrogen-bond donors (Lipinski definition) is 2. The fourth-order valence-corrected chi connectivity index (χ4v) is 2.07. The Morgan fingerprint density at radius 3 is 3.12 bits per heavy atom. The summed E-state index contributed by atoms with van der Waals surface area (Å²) in [4.78, 5) is 7.43. The number of aromatic nitrogens is 2. The van der Waals surface area contributed by atoms with Crippen molar-refractivity contribution in [2.24, 2.45) is 5.92 Å². The number of anilines is 1. The second kappa shape index (κ2) is 4.35. The van der Waals surface area contributed by atoms with Crippen LogP contribution in [0.15, 0.2) is 18.2 Å². The number of fused-ring (bicyclic) bond motifs is 1. The van der Waals surface area contributed by atoms with Crippen LogP contribution in [0.1, 0.15) is 25.7 Å². The fraction of sp³-hybridized carbons (Fsp3) is 0.462. The molecule has 1 aliphatic rings. The molecule has 0 atom stereocenters. The highest BCUT2D eigenvalue weighted by molar-refractivity contribution is 5.77. The standard InChI is InChI=1S/C13H16FN3/c14-10-5-6-11-12(8-10)17-13(16-11)15-7-1-2-9-3-4-9/h5-6,8-9H,1-4,7H2,(H2,15,16,17). The van der Waals surface area contributed by atoms with Gasteiger partial charge in [0.25, 0.3) is 0 Å². The van der Waals surface area contributed by atoms with Crippen molar-refractivity contribution in [2.45, 2.75) is 25.7 Å². The average Bonchev–Trinajstić information content (AvgIpc) is 3.04. The van der Waals surface area contributed by atoms with Crippen LogP contribution < -0.4 is 5.32 Å². The zero-order chi connectivity index (χ0) is 11.7. The Bertz CT molecular complexity index is 516. The van der Waals surface area contributed by atoms with Gasteiger partial charge in [0.2, 0.25) is 5.95 Å². The zero-order valence-electron chi connectivity index (χ0n) is 9.67. The second-order valence-corrected chi connectivity index (χ2v) is 4.76. The summed E-state index contributed by atoms with van der Waals surface area (Å²) in [5.74, 6) is 1.48. The SMILES string of the molecule is Fc1ccc2nc(NCCCC3CC3)[nH]c2c1. The lowest BCUT2D eigenvalue weighted by Gasteiger charge is -2.01. The lowest BCUT2D eigenvalue weighted by Crippen LogP contribution is -2.02. The molecule has 1 aromatic carbocycles. The molecule has 1 fully saturated rings. The van der Waals surface area contributed by atoms with Crippen LogP contribution in [0.25, 0.3) is 11.0 Å². The lowest BCUT2D eigenvalue weighted by molar-refractivity contribution is 0.629. The van der Waals surface area contributed by atoms with Gasteiger partial charge in [0.05, 0.1) is 11.0 Å². The van der Waals surface area contributed by atoms with Crippen LogP contribution in [-0.2, 0) is 0 Å². The molecule has 0 saturated heterocycles. The Labute approximate surface area is 99.4 Å². The summed E-state index contributed by atoms with van der Waals surface area (Å²) in [5.41, 5.74) is 1.55. The van der Waals surface area contributed by atoms with E-state index in [0.29, 0.717) is 0 Å². The van der Waals surface area contributed by atoms with Gasteiger partial charge in [0.15, 0.2) is 0 Å². The molecule has 2 aromatic rings. The van der Waals surface area contributed by atoms with Crippen LogP contribution in [0.2, 0.25) is 0 Å². The maximum Gasteiger partial charge on any atom is 0.201 e. The monoisotopic (exact) mass is 233 g/mol. The summed E-state index contributed by atoms with van der Waals surface area (Å²) in [6.45, 7) is 0.929. The van der Waals surface area contributed by atoms with Crippen molar-refractivity contribution in [3.63, 3.8) is 0 Å². The molecule has 0 amide bonds. The fourth-order valence-electron chi connectivity index (χ4n) is 2.07. The number of rotatable bonds is 5. The van der Waals surface area contributed by atoms with E-state index in [9.17, 15) is 4.39 Å². The third-order valence-corrected chi connectivity index (χ3v) is 3.22. The van der Waals surface area contributed by atoms with Gasteiger partial charge in [-0.1, -0.05) is 12.8 Å². The van der Waals surface area contributed by atoms with Gasteiger partial charge in [-0.2, -0.15) is 0 Å². The van der Waals surface area contributed by atoms with Crippen LogP contribution in [0.4, 0.5) is 10.3 Å². The van der Waals surface area contributed by atoms with E-state index in [2.05, 4.69) is 15.3 Å². The second-order valence-electron chi connectivity index (χ2n) is 4.76. The number of hydrogen-bond acceptors (Lipinski definition) is 2. The summed E-state index contributed by atoms with van der Waals surface area (Å²) in [6, 6.07) is 4.59. The van der Waals surface area contributed by atoms with Gasteiger partial charge in [-0.3, -0.25) is 0 Å². The first-order chi connectivity index (χ1) is 8.31. The summed E-state index contributed by atoms with van der Waals surface area (Å²) < 4.78 is 13.0. The maximum atomic E-state index is 13.0. The van der Waals surface area contributed by atoms with E-state index >= 15 is 0 Å². The molecule has 1 aromatic heterocycles. The molecule has 0 aliphatic heterocycles. The number of nitrogens with one attached hydrogen (secondary N) is 2. The first-order valence-corrected chi connectivity index (χ1v) is 6.20. The van der Waals surface area contributed by atoms with Gasteiger partial charge in [-0.05, 0) is 37.0 Å². The largest absolute Gasteiger partial charge is 0.356 e. The van der Waals surface area contributed by atoms with E-state index in [1.807, 2.05) is 0 Å². The zero-order valence-corrected chi connectivity index (χ0v) is 9.67. The van der Waals surface area contributed by atoms with Crippen molar-refractivity contribution >= 4 is 17.0 Å². The van der Waals surface area contributed by atoms with Gasteiger partial charge in [0, 0.05) is 6.54 Å². The highest BCUT2D eigenvalue weighted by atomic mass is 19.1. The minimum Gasteiger partial charge on any atom is -0.356 e. The van der Waals surface area contributed by atoms with Crippen molar-refractivity contribution in [2.75, 3.05) is 11.9 Å². The number of H-pyrrole nitrogens is 1. The van der Waals surface area contributed by atoms with Crippen molar-refractivity contribution in [1.82, 2.24) is 9.97 Å². The molecule has 4 heteroatoms. The molecule has 90 valence electrons. The van der Waals surface area contributed by atoms with Crippen molar-refractivity contribution in [3.05, 3.63) is 24.0 Å². The van der Waals surface area contributed by atoms with E-state index in [0.717, 1.165) is 29.4 Å². The summed E-state index contributed by atoms with van der Waals surface area (Å²) in [7, 11) is 0. The Balaban J connectivity index is 1.60. The predicted octanol–water partition coefficient (Wildman–Crippen LogP) is 3.30. The van der Waals surface area contributed by atoms with E-state index < -0.39 is 0 Å². The van der Waals surface area contributed by atoms with Crippen LogP contribution in [0, 0.1) is 11.7 Å². The van der Waals surface area contributed by atoms with Gasteiger partial charge < -0.3 is 10.3 Å². The topological polar surface area (TPSA) is 40.7 Å². The van der Waals surface area contributed by atoms with Gasteiger partial charge in [0.1, 0.15) is 5.82 Å². The Hall–Kier alpha value is -1.58. The molecule has 0 unspecified atom stereocenters. The number of benzene rings is 1. The molecule has 1 aliphatic carbocycles. The number of aromatic amines is 1. The summed E-state index contributed by atoms with van der Waals surface area (Å²) in [6.07, 6.45) is 5.30. The van der Waals surface area contributed by atoms with Gasteiger partial charge >= 0.3 is 0 Å². The Morgan fingerprint density at radius 2 is 2.29 bits per heavy atom. The number of imidazole rings is 1. The third kappa shape index (κ3) is 2.57. The molecule has 2 N–H and O–H groups in total. The van der Waals surface area contributed by atoms with Gasteiger partial charge in [-0.25, -0.2) is 9.37 Å². The van der Waals surface area contributed by atoms with Crippen LogP contribution in [0.5, 0.6) is 0 Å². The average molecular weight is 233 g/mol. The first-order valence-electron chi connectivity index (χ1n) is 6.20. The normalized spacial score (nSPS) is 15.4. The number of halogens is 1. The van der Waals surface area contributed by atoms with Gasteiger partial charge in [-0.15, -0.1) is 0 Å². The predicted molar refractivity (Wildman–Crippen MR) is 66.5 cm³/mol. The highest BCUT2D eigenvalue weighted by Gasteiger charge is 2.19. The van der Waals surface area contributed by atoms with Crippen molar-refractivity contribution in [1.29, 1.82) is 0 Å². The molecule has 0 radical (unpaired) electrons. The molecule has 17 heavy (non-hydrogen) atoms. The molecular weight excluding hydrogens is 217 g/mol. The number of nitrogens with zero attached hydrogens (tertiary/aromatic N) is 1. The van der Waals surface area contributed by atoms with E-state index in [1.165, 1.54) is 37.8 Å². The minimum atomic E-state index is -0.235. The quantitative estimate of drug-likeness (QED) is 0.778. The van der Waals surface area contributed by atoms with E-state index in [4.69, 9.17) is 0 Å². The molecule has 1 heterocycles. The van der Waals surface area contributed by atoms with Crippen LogP contribution in [0.3, 0.4) is 0 Å². The Morgan fingerprint density at radius 1 is 1.41 bits per heavy atom. The van der Waals surface area contributed by atoms with E-state index in [1.54, 1.807) is 6.07 Å². The van der Waals surface area contributed by atoms with Crippen molar-refractivity contribution < 1.29 is 4.39 Å². The molecular formula is C13H16FN3. The lowest BCUT2D eigenvalue weighted by atomic mass is 10.2. The molecule has 0 bridgehead atoms. The third-order valence-electron chi connectivity index (χ3n) is 3.22. The molecule has 1 saturated carbocycles. The maximum absolute atomic E-state index is 13.0. The van der Waals surface area contributed by atoms with Crippen LogP contribution in [-0.4, -0.2) is 16.5 Å². The minimum absolute atomic E-state index is 0.235. The first kappa shape index (κ1) is 10.6.